The Labute approximate surface area is 236 Å². The minimum Gasteiger partial charge on any atom is -0.494 e. The molecule has 0 spiro atoms. The monoisotopic (exact) mass is 537 g/mol. The normalized spacial score (nSPS) is 11.7. The summed E-state index contributed by atoms with van der Waals surface area (Å²) in [5.74, 6) is 0.638. The molecule has 0 aliphatic rings. The molecule has 5 heteroatoms. The molecule has 2 heterocycles. The summed E-state index contributed by atoms with van der Waals surface area (Å²) in [6.07, 6.45) is 0. The van der Waals surface area contributed by atoms with Crippen LogP contribution >= 0.6 is 11.3 Å². The molecule has 0 saturated heterocycles. The van der Waals surface area contributed by atoms with Crippen LogP contribution in [0.4, 0.5) is 5.69 Å². The number of hydrogen-bond acceptors (Lipinski definition) is 4. The number of hydrogen-bond donors (Lipinski definition) is 1. The molecule has 2 N–H and O–H groups in total. The van der Waals surface area contributed by atoms with Crippen LogP contribution in [0.1, 0.15) is 16.7 Å². The van der Waals surface area contributed by atoms with Crippen LogP contribution in [0.2, 0.25) is 0 Å². The van der Waals surface area contributed by atoms with E-state index in [1.54, 1.807) is 18.4 Å². The Hall–Kier alpha value is -4.87. The number of fused-ring (bicyclic) bond motifs is 2. The van der Waals surface area contributed by atoms with Gasteiger partial charge in [0.2, 0.25) is 0 Å². The van der Waals surface area contributed by atoms with Crippen molar-refractivity contribution in [2.24, 2.45) is 0 Å². The van der Waals surface area contributed by atoms with Crippen molar-refractivity contribution in [1.29, 1.82) is 0 Å². The summed E-state index contributed by atoms with van der Waals surface area (Å²) in [6, 6.07) is 46.4. The first-order chi connectivity index (χ1) is 19.7. The number of anilines is 1. The highest BCUT2D eigenvalue weighted by Gasteiger charge is 2.41. The Balaban J connectivity index is 1.67. The Bertz CT molecular complexity index is 1810. The first kappa shape index (κ1) is 24.2. The van der Waals surface area contributed by atoms with Gasteiger partial charge in [0.1, 0.15) is 11.2 Å². The van der Waals surface area contributed by atoms with Gasteiger partial charge in [-0.3, -0.25) is 0 Å². The van der Waals surface area contributed by atoms with Crippen molar-refractivity contribution in [2.75, 3.05) is 12.8 Å². The van der Waals surface area contributed by atoms with Crippen molar-refractivity contribution in [3.05, 3.63) is 150 Å². The third kappa shape index (κ3) is 3.63. The minimum absolute atomic E-state index is 0.585. The van der Waals surface area contributed by atoms with E-state index in [2.05, 4.69) is 132 Å². The van der Waals surface area contributed by atoms with E-state index >= 15 is 0 Å². The Kier molecular flexibility index (Phi) is 5.87. The van der Waals surface area contributed by atoms with Crippen molar-refractivity contribution >= 4 is 38.0 Å². The molecule has 0 fully saturated rings. The zero-order chi connectivity index (χ0) is 27.1. The number of nitrogen functional groups attached to an aromatic ring is 1. The number of nitrogens with zero attached hydrogens (tertiary/aromatic N) is 2. The maximum Gasteiger partial charge on any atom is 0.153 e. The predicted molar refractivity (Wildman–Crippen MR) is 166 cm³/mol. The second-order valence-corrected chi connectivity index (χ2v) is 10.9. The molecule has 40 heavy (non-hydrogen) atoms. The minimum atomic E-state index is -0.766. The van der Waals surface area contributed by atoms with Crippen molar-refractivity contribution in [3.8, 4) is 16.3 Å². The lowest BCUT2D eigenvalue weighted by atomic mass is 9.77. The number of ether oxygens (including phenoxy) is 1. The molecule has 7 aromatic rings. The highest BCUT2D eigenvalue weighted by Crippen LogP contribution is 2.48. The van der Waals surface area contributed by atoms with E-state index in [0.717, 1.165) is 38.2 Å². The van der Waals surface area contributed by atoms with E-state index in [0.29, 0.717) is 11.4 Å². The molecule has 0 saturated carbocycles. The summed E-state index contributed by atoms with van der Waals surface area (Å²) >= 11 is 1.73. The molecule has 0 aliphatic heterocycles. The SMILES string of the molecule is COc1c(N)ccc2c1c(-c1cc3ccccc3s1)nn2C(c1ccccc1)(c1ccccc1)c1ccccc1. The number of thiophene rings is 1. The molecule has 4 nitrogen and oxygen atoms in total. The molecule has 2 aromatic heterocycles. The average molecular weight is 538 g/mol. The van der Waals surface area contributed by atoms with Gasteiger partial charge in [0.15, 0.2) is 5.75 Å². The quantitative estimate of drug-likeness (QED) is 0.171. The van der Waals surface area contributed by atoms with Crippen LogP contribution in [-0.2, 0) is 5.54 Å². The van der Waals surface area contributed by atoms with Gasteiger partial charge in [-0.25, -0.2) is 4.68 Å². The maximum absolute atomic E-state index is 6.51. The summed E-state index contributed by atoms with van der Waals surface area (Å²) in [7, 11) is 1.68. The van der Waals surface area contributed by atoms with Crippen LogP contribution < -0.4 is 10.5 Å². The molecule has 5 aromatic carbocycles. The lowest BCUT2D eigenvalue weighted by Gasteiger charge is -2.37. The number of methoxy groups -OCH3 is 1. The lowest BCUT2D eigenvalue weighted by Crippen LogP contribution is -2.38. The largest absolute Gasteiger partial charge is 0.494 e. The predicted octanol–water partition coefficient (Wildman–Crippen LogP) is 8.35. The first-order valence-electron chi connectivity index (χ1n) is 13.2. The standard InChI is InChI=1S/C35H27N3OS/c1-39-34-28(36)21-22-29-32(34)33(31-23-24-13-11-12-20-30(24)40-31)37-38(29)35(25-14-5-2-6-15-25,26-16-7-3-8-17-26)27-18-9-4-10-19-27/h2-23H,36H2,1H3. The van der Waals surface area contributed by atoms with Gasteiger partial charge in [-0.15, -0.1) is 11.3 Å². The second kappa shape index (κ2) is 9.70. The summed E-state index contributed by atoms with van der Waals surface area (Å²) < 4.78 is 9.35. The fourth-order valence-corrected chi connectivity index (χ4v) is 6.90. The van der Waals surface area contributed by atoms with Crippen LogP contribution in [0.25, 0.3) is 31.6 Å². The van der Waals surface area contributed by atoms with E-state index in [1.165, 1.54) is 10.1 Å². The van der Waals surface area contributed by atoms with E-state index in [-0.39, 0.29) is 0 Å². The zero-order valence-corrected chi connectivity index (χ0v) is 22.8. The summed E-state index contributed by atoms with van der Waals surface area (Å²) in [6.45, 7) is 0. The van der Waals surface area contributed by atoms with E-state index in [9.17, 15) is 0 Å². The molecule has 0 unspecified atom stereocenters. The summed E-state index contributed by atoms with van der Waals surface area (Å²) in [5, 5.41) is 7.59. The van der Waals surface area contributed by atoms with Crippen LogP contribution in [0.5, 0.6) is 5.75 Å². The fourth-order valence-electron chi connectivity index (χ4n) is 5.85. The number of rotatable bonds is 6. The van der Waals surface area contributed by atoms with Crippen molar-refractivity contribution in [1.82, 2.24) is 9.78 Å². The zero-order valence-electron chi connectivity index (χ0n) is 22.0. The van der Waals surface area contributed by atoms with Crippen molar-refractivity contribution in [3.63, 3.8) is 0 Å². The van der Waals surface area contributed by atoms with Gasteiger partial charge in [-0.1, -0.05) is 109 Å². The van der Waals surface area contributed by atoms with Gasteiger partial charge >= 0.3 is 0 Å². The molecule has 0 bridgehead atoms. The molecule has 194 valence electrons. The second-order valence-electron chi connectivity index (χ2n) is 9.80. The molecular weight excluding hydrogens is 510 g/mol. The van der Waals surface area contributed by atoms with Gasteiger partial charge < -0.3 is 10.5 Å². The van der Waals surface area contributed by atoms with Gasteiger partial charge in [0.05, 0.1) is 28.6 Å². The van der Waals surface area contributed by atoms with Gasteiger partial charge in [0.25, 0.3) is 0 Å². The highest BCUT2D eigenvalue weighted by atomic mass is 32.1. The van der Waals surface area contributed by atoms with Gasteiger partial charge in [0, 0.05) is 4.70 Å². The van der Waals surface area contributed by atoms with Gasteiger partial charge in [-0.2, -0.15) is 5.10 Å². The Morgan fingerprint density at radius 3 is 1.80 bits per heavy atom. The van der Waals surface area contributed by atoms with Crippen LogP contribution in [0.3, 0.4) is 0 Å². The summed E-state index contributed by atoms with van der Waals surface area (Å²) in [4.78, 5) is 1.07. The van der Waals surface area contributed by atoms with E-state index < -0.39 is 5.54 Å². The summed E-state index contributed by atoms with van der Waals surface area (Å²) in [5.41, 5.74) is 11.4. The Morgan fingerprint density at radius 1 is 0.700 bits per heavy atom. The Morgan fingerprint density at radius 2 is 1.25 bits per heavy atom. The van der Waals surface area contributed by atoms with E-state index in [4.69, 9.17) is 15.6 Å². The molecule has 0 radical (unpaired) electrons. The molecule has 0 aliphatic carbocycles. The number of aromatic nitrogens is 2. The third-order valence-electron chi connectivity index (χ3n) is 7.59. The highest BCUT2D eigenvalue weighted by molar-refractivity contribution is 7.22. The molecule has 7 rings (SSSR count). The molecule has 0 amide bonds. The van der Waals surface area contributed by atoms with Crippen LogP contribution in [0, 0.1) is 0 Å². The number of benzene rings is 5. The molecular formula is C35H27N3OS. The van der Waals surface area contributed by atoms with Gasteiger partial charge in [-0.05, 0) is 46.3 Å². The number of nitrogens with two attached hydrogens (primary N) is 1. The molecule has 0 atom stereocenters. The van der Waals surface area contributed by atoms with Crippen LogP contribution in [0.15, 0.2) is 133 Å². The lowest BCUT2D eigenvalue weighted by molar-refractivity contribution is 0.422. The van der Waals surface area contributed by atoms with Crippen molar-refractivity contribution < 1.29 is 4.74 Å². The topological polar surface area (TPSA) is 53.1 Å². The smallest absolute Gasteiger partial charge is 0.153 e. The van der Waals surface area contributed by atoms with Crippen molar-refractivity contribution in [2.45, 2.75) is 5.54 Å². The van der Waals surface area contributed by atoms with Crippen LogP contribution in [-0.4, -0.2) is 16.9 Å². The van der Waals surface area contributed by atoms with E-state index in [1.807, 2.05) is 6.07 Å². The fraction of sp³-hybridized carbons (Fsp3) is 0.0571. The average Bonchev–Trinajstić information content (AvgIpc) is 3.62. The maximum atomic E-state index is 6.51. The third-order valence-corrected chi connectivity index (χ3v) is 8.71. The first-order valence-corrected chi connectivity index (χ1v) is 14.0.